The second-order valence-corrected chi connectivity index (χ2v) is 5.84. The van der Waals surface area contributed by atoms with Gasteiger partial charge < -0.3 is 19.9 Å². The van der Waals surface area contributed by atoms with E-state index >= 15 is 0 Å². The first-order chi connectivity index (χ1) is 11.1. The average molecular weight is 319 g/mol. The van der Waals surface area contributed by atoms with Crippen LogP contribution in [0.15, 0.2) is 30.9 Å². The van der Waals surface area contributed by atoms with Crippen LogP contribution in [0.2, 0.25) is 0 Å². The van der Waals surface area contributed by atoms with Gasteiger partial charge in [0.15, 0.2) is 18.1 Å². The van der Waals surface area contributed by atoms with Gasteiger partial charge in [-0.15, -0.1) is 6.58 Å². The normalized spacial score (nSPS) is 20.6. The molecule has 0 spiro atoms. The molecule has 1 aromatic carbocycles. The summed E-state index contributed by atoms with van der Waals surface area (Å²) in [5.74, 6) is 1.01. The van der Waals surface area contributed by atoms with Crippen molar-refractivity contribution in [3.05, 3.63) is 36.4 Å². The molecular formula is C18H25NO4. The standard InChI is InChI=1S/C18H25NO4/c1-3-4-13-5-10-16(17(11-13)22-2)23-12-18(21)19-14-6-8-15(20)9-7-14/h3,5,10-11,14-15,20H,1,4,6-9,12H2,2H3,(H,19,21). The topological polar surface area (TPSA) is 67.8 Å². The van der Waals surface area contributed by atoms with E-state index in [9.17, 15) is 9.90 Å². The second-order valence-electron chi connectivity index (χ2n) is 5.84. The van der Waals surface area contributed by atoms with E-state index in [0.29, 0.717) is 11.5 Å². The van der Waals surface area contributed by atoms with E-state index < -0.39 is 0 Å². The third-order valence-corrected chi connectivity index (χ3v) is 4.03. The van der Waals surface area contributed by atoms with Crippen molar-refractivity contribution in [3.63, 3.8) is 0 Å². The molecule has 2 N–H and O–H groups in total. The van der Waals surface area contributed by atoms with Gasteiger partial charge >= 0.3 is 0 Å². The molecule has 1 aromatic rings. The Kier molecular flexibility index (Phi) is 6.47. The summed E-state index contributed by atoms with van der Waals surface area (Å²) in [6, 6.07) is 5.76. The van der Waals surface area contributed by atoms with Crippen molar-refractivity contribution in [2.45, 2.75) is 44.2 Å². The summed E-state index contributed by atoms with van der Waals surface area (Å²) in [6.07, 6.45) is 5.46. The molecule has 23 heavy (non-hydrogen) atoms. The van der Waals surface area contributed by atoms with Crippen LogP contribution in [0.1, 0.15) is 31.2 Å². The molecule has 5 nitrogen and oxygen atoms in total. The van der Waals surface area contributed by atoms with Crippen LogP contribution < -0.4 is 14.8 Å². The summed E-state index contributed by atoms with van der Waals surface area (Å²) >= 11 is 0. The summed E-state index contributed by atoms with van der Waals surface area (Å²) in [6.45, 7) is 3.67. The van der Waals surface area contributed by atoms with Gasteiger partial charge in [0.1, 0.15) is 0 Å². The fourth-order valence-corrected chi connectivity index (χ4v) is 2.76. The third-order valence-electron chi connectivity index (χ3n) is 4.03. The molecule has 2 rings (SSSR count). The first-order valence-corrected chi connectivity index (χ1v) is 8.00. The molecule has 1 aliphatic rings. The van der Waals surface area contributed by atoms with Crippen molar-refractivity contribution in [3.8, 4) is 11.5 Å². The molecule has 0 aliphatic heterocycles. The smallest absolute Gasteiger partial charge is 0.258 e. The average Bonchev–Trinajstić information content (AvgIpc) is 2.56. The highest BCUT2D eigenvalue weighted by Gasteiger charge is 2.21. The number of hydrogen-bond donors (Lipinski definition) is 2. The van der Waals surface area contributed by atoms with Gasteiger partial charge in [0, 0.05) is 6.04 Å². The predicted octanol–water partition coefficient (Wildman–Crippen LogP) is 2.22. The highest BCUT2D eigenvalue weighted by atomic mass is 16.5. The van der Waals surface area contributed by atoms with Crippen molar-refractivity contribution < 1.29 is 19.4 Å². The van der Waals surface area contributed by atoms with Crippen molar-refractivity contribution >= 4 is 5.91 Å². The third kappa shape index (κ3) is 5.28. The molecule has 126 valence electrons. The van der Waals surface area contributed by atoms with Crippen molar-refractivity contribution in [1.82, 2.24) is 5.32 Å². The molecule has 0 aromatic heterocycles. The highest BCUT2D eigenvalue weighted by Crippen LogP contribution is 2.28. The molecule has 0 unspecified atom stereocenters. The molecule has 0 saturated heterocycles. The van der Waals surface area contributed by atoms with Gasteiger partial charge in [0.25, 0.3) is 5.91 Å². The quantitative estimate of drug-likeness (QED) is 0.756. The fourth-order valence-electron chi connectivity index (χ4n) is 2.76. The van der Waals surface area contributed by atoms with Crippen molar-refractivity contribution in [2.24, 2.45) is 0 Å². The van der Waals surface area contributed by atoms with Gasteiger partial charge in [-0.05, 0) is 49.8 Å². The molecule has 0 bridgehead atoms. The molecule has 0 radical (unpaired) electrons. The maximum atomic E-state index is 12.0. The number of allylic oxidation sites excluding steroid dienone is 1. The van der Waals surface area contributed by atoms with E-state index in [1.165, 1.54) is 0 Å². The number of amides is 1. The number of carbonyl (C=O) groups excluding carboxylic acids is 1. The molecule has 5 heteroatoms. The zero-order valence-corrected chi connectivity index (χ0v) is 13.6. The number of aliphatic hydroxyl groups is 1. The highest BCUT2D eigenvalue weighted by molar-refractivity contribution is 5.78. The Labute approximate surface area is 137 Å². The lowest BCUT2D eigenvalue weighted by Crippen LogP contribution is -2.40. The van der Waals surface area contributed by atoms with Crippen LogP contribution in [0.3, 0.4) is 0 Å². The predicted molar refractivity (Wildman–Crippen MR) is 88.8 cm³/mol. The Morgan fingerprint density at radius 1 is 1.35 bits per heavy atom. The lowest BCUT2D eigenvalue weighted by atomic mass is 9.93. The lowest BCUT2D eigenvalue weighted by Gasteiger charge is -2.26. The number of hydrogen-bond acceptors (Lipinski definition) is 4. The first kappa shape index (κ1) is 17.3. The maximum Gasteiger partial charge on any atom is 0.258 e. The minimum Gasteiger partial charge on any atom is -0.493 e. The van der Waals surface area contributed by atoms with Crippen molar-refractivity contribution in [2.75, 3.05) is 13.7 Å². The Hall–Kier alpha value is -2.01. The van der Waals surface area contributed by atoms with E-state index in [4.69, 9.17) is 9.47 Å². The number of ether oxygens (including phenoxy) is 2. The molecule has 0 heterocycles. The number of methoxy groups -OCH3 is 1. The zero-order chi connectivity index (χ0) is 16.7. The second kappa shape index (κ2) is 8.58. The molecule has 0 atom stereocenters. The zero-order valence-electron chi connectivity index (χ0n) is 13.6. The lowest BCUT2D eigenvalue weighted by molar-refractivity contribution is -0.124. The monoisotopic (exact) mass is 319 g/mol. The summed E-state index contributed by atoms with van der Waals surface area (Å²) < 4.78 is 10.9. The SMILES string of the molecule is C=CCc1ccc(OCC(=O)NC2CCC(O)CC2)c(OC)c1. The summed E-state index contributed by atoms with van der Waals surface area (Å²) in [5, 5.41) is 12.4. The van der Waals surface area contributed by atoms with E-state index in [2.05, 4.69) is 11.9 Å². The van der Waals surface area contributed by atoms with Crippen LogP contribution in [0.4, 0.5) is 0 Å². The van der Waals surface area contributed by atoms with Crippen LogP contribution in [0.5, 0.6) is 11.5 Å². The summed E-state index contributed by atoms with van der Waals surface area (Å²) in [4.78, 5) is 12.0. The number of carbonyl (C=O) groups is 1. The van der Waals surface area contributed by atoms with Crippen LogP contribution in [-0.4, -0.2) is 36.9 Å². The van der Waals surface area contributed by atoms with E-state index in [-0.39, 0.29) is 24.7 Å². The van der Waals surface area contributed by atoms with Crippen LogP contribution >= 0.6 is 0 Å². The van der Waals surface area contributed by atoms with Gasteiger partial charge in [-0.3, -0.25) is 4.79 Å². The van der Waals surface area contributed by atoms with E-state index in [1.807, 2.05) is 24.3 Å². The number of rotatable bonds is 7. The van der Waals surface area contributed by atoms with E-state index in [0.717, 1.165) is 37.7 Å². The molecule has 1 aliphatic carbocycles. The Bertz CT molecular complexity index is 536. The summed E-state index contributed by atoms with van der Waals surface area (Å²) in [5.41, 5.74) is 1.08. The minimum absolute atomic E-state index is 0.0454. The summed E-state index contributed by atoms with van der Waals surface area (Å²) in [7, 11) is 1.58. The van der Waals surface area contributed by atoms with E-state index in [1.54, 1.807) is 7.11 Å². The molecular weight excluding hydrogens is 294 g/mol. The first-order valence-electron chi connectivity index (χ1n) is 8.00. The van der Waals surface area contributed by atoms with Gasteiger partial charge in [-0.2, -0.15) is 0 Å². The van der Waals surface area contributed by atoms with Crippen LogP contribution in [0, 0.1) is 0 Å². The Morgan fingerprint density at radius 3 is 2.74 bits per heavy atom. The fraction of sp³-hybridized carbons (Fsp3) is 0.500. The number of benzene rings is 1. The Balaban J connectivity index is 1.84. The van der Waals surface area contributed by atoms with Gasteiger partial charge in [-0.25, -0.2) is 0 Å². The van der Waals surface area contributed by atoms with Gasteiger partial charge in [-0.1, -0.05) is 12.1 Å². The molecule has 1 saturated carbocycles. The number of aliphatic hydroxyl groups excluding tert-OH is 1. The van der Waals surface area contributed by atoms with Crippen LogP contribution in [-0.2, 0) is 11.2 Å². The Morgan fingerprint density at radius 2 is 2.09 bits per heavy atom. The largest absolute Gasteiger partial charge is 0.493 e. The number of nitrogens with one attached hydrogen (secondary N) is 1. The molecule has 1 amide bonds. The van der Waals surface area contributed by atoms with Gasteiger partial charge in [0.05, 0.1) is 13.2 Å². The van der Waals surface area contributed by atoms with Crippen molar-refractivity contribution in [1.29, 1.82) is 0 Å². The van der Waals surface area contributed by atoms with Crippen LogP contribution in [0.25, 0.3) is 0 Å². The minimum atomic E-state index is -0.224. The maximum absolute atomic E-state index is 12.0. The molecule has 1 fully saturated rings. The van der Waals surface area contributed by atoms with Gasteiger partial charge in [0.2, 0.25) is 0 Å².